The van der Waals surface area contributed by atoms with E-state index in [-0.39, 0.29) is 33.5 Å². The van der Waals surface area contributed by atoms with Crippen molar-refractivity contribution < 1.29 is 19.1 Å². The molecule has 0 radical (unpaired) electrons. The molecule has 0 unspecified atom stereocenters. The second-order valence-corrected chi connectivity index (χ2v) is 9.47. The smallest absolute Gasteiger partial charge is 0.345 e. The highest BCUT2D eigenvalue weighted by Crippen LogP contribution is 2.29. The van der Waals surface area contributed by atoms with E-state index in [0.29, 0.717) is 15.6 Å². The molecule has 0 saturated carbocycles. The molecule has 0 spiro atoms. The summed E-state index contributed by atoms with van der Waals surface area (Å²) in [6, 6.07) is 19.6. The van der Waals surface area contributed by atoms with Gasteiger partial charge in [-0.25, -0.2) is 10.2 Å². The largest absolute Gasteiger partial charge is 0.422 e. The standard InChI is InChI=1S/C27H17Cl4N3O4/c28-17-7-8-19(22(30)12-17)27(37)38-24-10-6-15-3-1-2-4-18(15)20(24)13-33-34-25(35)14-32-26(36)16-5-9-21(29)23(31)11-16/h1-13H,14H2,(H,32,36)(H,34,35)/b33-13+. The Bertz CT molecular complexity index is 1590. The summed E-state index contributed by atoms with van der Waals surface area (Å²) in [5, 5.41) is 9.11. The van der Waals surface area contributed by atoms with Crippen LogP contribution in [0.4, 0.5) is 0 Å². The first kappa shape index (κ1) is 27.4. The van der Waals surface area contributed by atoms with Crippen LogP contribution in [0.3, 0.4) is 0 Å². The minimum absolute atomic E-state index is 0.137. The summed E-state index contributed by atoms with van der Waals surface area (Å²) in [4.78, 5) is 37.3. The molecule has 0 heterocycles. The molecule has 192 valence electrons. The third-order valence-corrected chi connectivity index (χ3v) is 6.55. The topological polar surface area (TPSA) is 96.9 Å². The average Bonchev–Trinajstić information content (AvgIpc) is 2.89. The number of rotatable bonds is 7. The van der Waals surface area contributed by atoms with Crippen molar-refractivity contribution in [2.75, 3.05) is 6.54 Å². The van der Waals surface area contributed by atoms with Gasteiger partial charge in [0.1, 0.15) is 5.75 Å². The maximum atomic E-state index is 12.8. The van der Waals surface area contributed by atoms with Crippen LogP contribution >= 0.6 is 46.4 Å². The molecule has 0 aliphatic heterocycles. The van der Waals surface area contributed by atoms with Gasteiger partial charge in [0.2, 0.25) is 0 Å². The number of halogens is 4. The molecular weight excluding hydrogens is 572 g/mol. The van der Waals surface area contributed by atoms with E-state index in [1.54, 1.807) is 12.1 Å². The zero-order chi connectivity index (χ0) is 27.2. The van der Waals surface area contributed by atoms with Gasteiger partial charge in [-0.15, -0.1) is 0 Å². The summed E-state index contributed by atoms with van der Waals surface area (Å²) >= 11 is 23.9. The van der Waals surface area contributed by atoms with Gasteiger partial charge in [-0.3, -0.25) is 9.59 Å². The van der Waals surface area contributed by atoms with Gasteiger partial charge >= 0.3 is 5.97 Å². The van der Waals surface area contributed by atoms with E-state index in [0.717, 1.165) is 10.8 Å². The predicted octanol–water partition coefficient (Wildman–Crippen LogP) is 6.55. The van der Waals surface area contributed by atoms with Crippen LogP contribution in [0.2, 0.25) is 20.1 Å². The molecule has 4 aromatic carbocycles. The molecule has 0 atom stereocenters. The molecule has 0 fully saturated rings. The summed E-state index contributed by atoms with van der Waals surface area (Å²) < 4.78 is 5.62. The number of nitrogens with one attached hydrogen (secondary N) is 2. The number of hydrazone groups is 1. The van der Waals surface area contributed by atoms with Crippen molar-refractivity contribution in [3.8, 4) is 5.75 Å². The number of fused-ring (bicyclic) bond motifs is 1. The van der Waals surface area contributed by atoms with E-state index >= 15 is 0 Å². The van der Waals surface area contributed by atoms with Gasteiger partial charge < -0.3 is 10.1 Å². The first-order valence-electron chi connectivity index (χ1n) is 11.0. The van der Waals surface area contributed by atoms with E-state index in [4.69, 9.17) is 51.1 Å². The summed E-state index contributed by atoms with van der Waals surface area (Å²) in [6.07, 6.45) is 1.35. The fourth-order valence-corrected chi connectivity index (χ4v) is 4.20. The Hall–Kier alpha value is -3.62. The molecule has 11 heteroatoms. The number of amides is 2. The number of benzene rings is 4. The van der Waals surface area contributed by atoms with Gasteiger partial charge in [0.15, 0.2) is 0 Å². The SMILES string of the molecule is O=C(CNC(=O)c1ccc(Cl)c(Cl)c1)N/N=C/c1c(OC(=O)c2ccc(Cl)cc2Cl)ccc2ccccc12. The maximum Gasteiger partial charge on any atom is 0.345 e. The van der Waals surface area contributed by atoms with Crippen LogP contribution in [0, 0.1) is 0 Å². The average molecular weight is 589 g/mol. The van der Waals surface area contributed by atoms with Crippen LogP contribution in [-0.2, 0) is 4.79 Å². The minimum Gasteiger partial charge on any atom is -0.422 e. The van der Waals surface area contributed by atoms with Gasteiger partial charge in [-0.1, -0.05) is 76.7 Å². The molecule has 2 amide bonds. The van der Waals surface area contributed by atoms with E-state index in [1.165, 1.54) is 42.6 Å². The molecular formula is C27H17Cl4N3O4. The second-order valence-electron chi connectivity index (χ2n) is 7.82. The molecule has 2 N–H and O–H groups in total. The van der Waals surface area contributed by atoms with E-state index in [9.17, 15) is 14.4 Å². The number of ether oxygens (including phenoxy) is 1. The molecule has 38 heavy (non-hydrogen) atoms. The molecule has 0 bridgehead atoms. The van der Waals surface area contributed by atoms with Crippen molar-refractivity contribution in [1.82, 2.24) is 10.7 Å². The molecule has 4 rings (SSSR count). The van der Waals surface area contributed by atoms with Crippen molar-refractivity contribution in [1.29, 1.82) is 0 Å². The van der Waals surface area contributed by atoms with Crippen LogP contribution in [-0.4, -0.2) is 30.5 Å². The fraction of sp³-hybridized carbons (Fsp3) is 0.0370. The normalized spacial score (nSPS) is 10.9. The lowest BCUT2D eigenvalue weighted by molar-refractivity contribution is -0.120. The highest BCUT2D eigenvalue weighted by atomic mass is 35.5. The third-order valence-electron chi connectivity index (χ3n) is 5.26. The van der Waals surface area contributed by atoms with Crippen LogP contribution in [0.1, 0.15) is 26.3 Å². The molecule has 4 aromatic rings. The van der Waals surface area contributed by atoms with E-state index in [1.807, 2.05) is 24.3 Å². The summed E-state index contributed by atoms with van der Waals surface area (Å²) in [5.74, 6) is -1.58. The van der Waals surface area contributed by atoms with Crippen molar-refractivity contribution >= 4 is 81.2 Å². The monoisotopic (exact) mass is 587 g/mol. The number of carbonyl (C=O) groups is 3. The lowest BCUT2D eigenvalue weighted by atomic mass is 10.0. The van der Waals surface area contributed by atoms with Gasteiger partial charge in [-0.2, -0.15) is 5.10 Å². The van der Waals surface area contributed by atoms with Crippen molar-refractivity contribution in [2.45, 2.75) is 0 Å². The Morgan fingerprint density at radius 3 is 2.39 bits per heavy atom. The Balaban J connectivity index is 1.48. The molecule has 7 nitrogen and oxygen atoms in total. The molecule has 0 aliphatic carbocycles. The van der Waals surface area contributed by atoms with Crippen molar-refractivity contribution in [3.63, 3.8) is 0 Å². The number of hydrogen-bond acceptors (Lipinski definition) is 5. The summed E-state index contributed by atoms with van der Waals surface area (Å²) in [7, 11) is 0. The zero-order valence-corrected chi connectivity index (χ0v) is 22.3. The number of hydrogen-bond donors (Lipinski definition) is 2. The summed E-state index contributed by atoms with van der Waals surface area (Å²) in [6.45, 7) is -0.344. The highest BCUT2D eigenvalue weighted by Gasteiger charge is 2.17. The fourth-order valence-electron chi connectivity index (χ4n) is 3.42. The van der Waals surface area contributed by atoms with Gasteiger partial charge in [0.05, 0.1) is 33.4 Å². The second kappa shape index (κ2) is 12.3. The molecule has 0 aliphatic rings. The lowest BCUT2D eigenvalue weighted by Crippen LogP contribution is -2.34. The van der Waals surface area contributed by atoms with Crippen LogP contribution in [0.5, 0.6) is 5.75 Å². The van der Waals surface area contributed by atoms with Crippen molar-refractivity contribution in [3.05, 3.63) is 110 Å². The predicted molar refractivity (Wildman–Crippen MR) is 150 cm³/mol. The Morgan fingerprint density at radius 1 is 0.842 bits per heavy atom. The number of esters is 1. The third kappa shape index (κ3) is 6.62. The first-order chi connectivity index (χ1) is 18.2. The van der Waals surface area contributed by atoms with Crippen LogP contribution < -0.4 is 15.5 Å². The maximum absolute atomic E-state index is 12.8. The van der Waals surface area contributed by atoms with E-state index in [2.05, 4.69) is 15.8 Å². The molecule has 0 saturated heterocycles. The van der Waals surface area contributed by atoms with Crippen LogP contribution in [0.15, 0.2) is 77.9 Å². The Morgan fingerprint density at radius 2 is 1.63 bits per heavy atom. The highest BCUT2D eigenvalue weighted by molar-refractivity contribution is 6.42. The first-order valence-corrected chi connectivity index (χ1v) is 12.5. The van der Waals surface area contributed by atoms with Gasteiger partial charge in [0.25, 0.3) is 11.8 Å². The molecule has 0 aromatic heterocycles. The Labute approximate surface area is 237 Å². The Kier molecular flexibility index (Phi) is 8.86. The van der Waals surface area contributed by atoms with Crippen LogP contribution in [0.25, 0.3) is 10.8 Å². The quantitative estimate of drug-likeness (QED) is 0.111. The number of nitrogens with zero attached hydrogens (tertiary/aromatic N) is 1. The number of carbonyl (C=O) groups excluding carboxylic acids is 3. The lowest BCUT2D eigenvalue weighted by Gasteiger charge is -2.11. The van der Waals surface area contributed by atoms with Crippen molar-refractivity contribution in [2.24, 2.45) is 5.10 Å². The van der Waals surface area contributed by atoms with Gasteiger partial charge in [-0.05, 0) is 53.2 Å². The van der Waals surface area contributed by atoms with E-state index < -0.39 is 17.8 Å². The zero-order valence-electron chi connectivity index (χ0n) is 19.3. The minimum atomic E-state index is -0.689. The summed E-state index contributed by atoms with van der Waals surface area (Å²) in [5.41, 5.74) is 3.18. The van der Waals surface area contributed by atoms with Gasteiger partial charge in [0, 0.05) is 16.1 Å².